The van der Waals surface area contributed by atoms with Crippen LogP contribution in [0, 0.1) is 0 Å². The van der Waals surface area contributed by atoms with E-state index < -0.39 is 17.4 Å². The molecule has 160 valence electrons. The van der Waals surface area contributed by atoms with Crippen LogP contribution in [0.2, 0.25) is 0 Å². The number of pyridine rings is 1. The quantitative estimate of drug-likeness (QED) is 0.647. The first-order valence-electron chi connectivity index (χ1n) is 9.38. The standard InChI is InChI=1S/C21H19F3N6O/c1-31-19-11-26-15-4-3-14(8-16(15)30-19)20(25)7-6-18(29-12-20)28-10-13-2-5-17(27-9-13)21(22,23)24/h2-6,8-9,11-12,28H,7,10,25H2,1H3. The largest absolute Gasteiger partial charge is 0.480 e. The van der Waals surface area contributed by atoms with Gasteiger partial charge in [-0.3, -0.25) is 4.98 Å². The van der Waals surface area contributed by atoms with Crippen molar-refractivity contribution in [2.75, 3.05) is 7.11 Å². The van der Waals surface area contributed by atoms with Crippen molar-refractivity contribution in [3.05, 3.63) is 71.4 Å². The van der Waals surface area contributed by atoms with Crippen molar-refractivity contribution in [3.8, 4) is 5.88 Å². The number of nitrogens with one attached hydrogen (secondary N) is 1. The highest BCUT2D eigenvalue weighted by Gasteiger charge is 2.32. The third kappa shape index (κ3) is 4.48. The molecule has 4 rings (SSSR count). The average Bonchev–Trinajstić information content (AvgIpc) is 2.77. The molecular formula is C21H19F3N6O. The summed E-state index contributed by atoms with van der Waals surface area (Å²) in [6.07, 6.45) is 2.27. The zero-order chi connectivity index (χ0) is 22.1. The van der Waals surface area contributed by atoms with Crippen LogP contribution in [0.4, 0.5) is 13.2 Å². The molecule has 10 heteroatoms. The fourth-order valence-corrected chi connectivity index (χ4v) is 3.14. The number of aliphatic imine (C=N–C) groups is 1. The van der Waals surface area contributed by atoms with Gasteiger partial charge in [-0.05, 0) is 41.8 Å². The topological polar surface area (TPSA) is 98.3 Å². The Kier molecular flexibility index (Phi) is 5.32. The SMILES string of the molecule is COc1cnc2ccc(C3(N)C=NC(NCc4ccc(C(F)(F)F)nc4)=CC3)cc2n1. The first-order valence-corrected chi connectivity index (χ1v) is 9.38. The number of alkyl halides is 3. The number of aromatic nitrogens is 3. The molecule has 1 aliphatic heterocycles. The van der Waals surface area contributed by atoms with E-state index in [4.69, 9.17) is 10.5 Å². The maximum Gasteiger partial charge on any atom is 0.433 e. The molecule has 7 nitrogen and oxygen atoms in total. The Morgan fingerprint density at radius 3 is 2.61 bits per heavy atom. The van der Waals surface area contributed by atoms with Gasteiger partial charge in [0.15, 0.2) is 0 Å². The van der Waals surface area contributed by atoms with E-state index in [0.717, 1.165) is 17.1 Å². The van der Waals surface area contributed by atoms with E-state index in [2.05, 4.69) is 25.3 Å². The van der Waals surface area contributed by atoms with Gasteiger partial charge in [0.1, 0.15) is 11.5 Å². The summed E-state index contributed by atoms with van der Waals surface area (Å²) in [5.41, 5.74) is 7.64. The van der Waals surface area contributed by atoms with Crippen molar-refractivity contribution in [2.24, 2.45) is 10.7 Å². The lowest BCUT2D eigenvalue weighted by molar-refractivity contribution is -0.141. The summed E-state index contributed by atoms with van der Waals surface area (Å²) in [4.78, 5) is 16.5. The number of benzene rings is 1. The molecule has 0 radical (unpaired) electrons. The van der Waals surface area contributed by atoms with Gasteiger partial charge in [0.05, 0.1) is 29.9 Å². The first-order chi connectivity index (χ1) is 14.8. The number of hydrogen-bond donors (Lipinski definition) is 2. The van der Waals surface area contributed by atoms with Gasteiger partial charge in [-0.25, -0.2) is 15.0 Å². The van der Waals surface area contributed by atoms with E-state index in [1.165, 1.54) is 19.4 Å². The molecule has 0 amide bonds. The van der Waals surface area contributed by atoms with Gasteiger partial charge in [-0.1, -0.05) is 12.1 Å². The summed E-state index contributed by atoms with van der Waals surface area (Å²) in [6, 6.07) is 7.92. The Balaban J connectivity index is 1.43. The van der Waals surface area contributed by atoms with Gasteiger partial charge in [-0.15, -0.1) is 0 Å². The third-order valence-corrected chi connectivity index (χ3v) is 4.92. The van der Waals surface area contributed by atoms with Crippen molar-refractivity contribution in [1.29, 1.82) is 0 Å². The van der Waals surface area contributed by atoms with Crippen molar-refractivity contribution >= 4 is 17.2 Å². The minimum atomic E-state index is -4.45. The lowest BCUT2D eigenvalue weighted by Crippen LogP contribution is -2.40. The van der Waals surface area contributed by atoms with Gasteiger partial charge in [0.2, 0.25) is 5.88 Å². The highest BCUT2D eigenvalue weighted by Crippen LogP contribution is 2.28. The van der Waals surface area contributed by atoms with Gasteiger partial charge in [0, 0.05) is 19.0 Å². The molecular weight excluding hydrogens is 409 g/mol. The Labute approximate surface area is 175 Å². The second kappa shape index (κ2) is 7.95. The molecule has 0 bridgehead atoms. The summed E-state index contributed by atoms with van der Waals surface area (Å²) in [6.45, 7) is 0.289. The molecule has 1 aliphatic rings. The summed E-state index contributed by atoms with van der Waals surface area (Å²) < 4.78 is 42.9. The number of ether oxygens (including phenoxy) is 1. The van der Waals surface area contributed by atoms with Crippen LogP contribution in [0.1, 0.15) is 23.2 Å². The molecule has 3 heterocycles. The Morgan fingerprint density at radius 2 is 1.97 bits per heavy atom. The van der Waals surface area contributed by atoms with Gasteiger partial charge in [-0.2, -0.15) is 13.2 Å². The molecule has 0 spiro atoms. The molecule has 1 aromatic carbocycles. The van der Waals surface area contributed by atoms with E-state index in [-0.39, 0.29) is 6.54 Å². The van der Waals surface area contributed by atoms with E-state index in [1.807, 2.05) is 24.3 Å². The Hall–Kier alpha value is -3.53. The van der Waals surface area contributed by atoms with Crippen LogP contribution < -0.4 is 15.8 Å². The fraction of sp³-hybridized carbons (Fsp3) is 0.238. The third-order valence-electron chi connectivity index (χ3n) is 4.92. The fourth-order valence-electron chi connectivity index (χ4n) is 3.14. The van der Waals surface area contributed by atoms with E-state index in [9.17, 15) is 13.2 Å². The lowest BCUT2D eigenvalue weighted by atomic mass is 9.87. The number of hydrogen-bond acceptors (Lipinski definition) is 7. The molecule has 31 heavy (non-hydrogen) atoms. The molecule has 1 unspecified atom stereocenters. The minimum absolute atomic E-state index is 0.289. The zero-order valence-corrected chi connectivity index (χ0v) is 16.5. The van der Waals surface area contributed by atoms with E-state index in [0.29, 0.717) is 29.2 Å². The van der Waals surface area contributed by atoms with Crippen LogP contribution in [-0.4, -0.2) is 28.3 Å². The Morgan fingerprint density at radius 1 is 1.13 bits per heavy atom. The second-order valence-electron chi connectivity index (χ2n) is 7.11. The molecule has 0 fully saturated rings. The molecule has 1 atom stereocenters. The second-order valence-corrected chi connectivity index (χ2v) is 7.11. The molecule has 0 saturated carbocycles. The molecule has 3 N–H and O–H groups in total. The number of fused-ring (bicyclic) bond motifs is 1. The van der Waals surface area contributed by atoms with Crippen LogP contribution >= 0.6 is 0 Å². The lowest BCUT2D eigenvalue weighted by Gasteiger charge is -2.28. The summed E-state index contributed by atoms with van der Waals surface area (Å²) in [5.74, 6) is 1.00. The maximum atomic E-state index is 12.6. The zero-order valence-electron chi connectivity index (χ0n) is 16.5. The van der Waals surface area contributed by atoms with Crippen molar-refractivity contribution in [2.45, 2.75) is 24.7 Å². The van der Waals surface area contributed by atoms with Crippen LogP contribution in [0.25, 0.3) is 11.0 Å². The predicted octanol–water partition coefficient (Wildman–Crippen LogP) is 3.31. The van der Waals surface area contributed by atoms with Crippen LogP contribution in [0.5, 0.6) is 5.88 Å². The maximum absolute atomic E-state index is 12.6. The number of nitrogens with zero attached hydrogens (tertiary/aromatic N) is 4. The number of nitrogens with two attached hydrogens (primary N) is 1. The summed E-state index contributed by atoms with van der Waals surface area (Å²) in [5, 5.41) is 3.08. The monoisotopic (exact) mass is 428 g/mol. The summed E-state index contributed by atoms with van der Waals surface area (Å²) in [7, 11) is 1.53. The van der Waals surface area contributed by atoms with Crippen LogP contribution in [-0.2, 0) is 18.3 Å². The van der Waals surface area contributed by atoms with Crippen molar-refractivity contribution in [3.63, 3.8) is 0 Å². The summed E-state index contributed by atoms with van der Waals surface area (Å²) >= 11 is 0. The molecule has 3 aromatic rings. The van der Waals surface area contributed by atoms with Crippen LogP contribution in [0.3, 0.4) is 0 Å². The Bertz CT molecular complexity index is 1160. The first kappa shape index (κ1) is 20.7. The van der Waals surface area contributed by atoms with Gasteiger partial charge in [0.25, 0.3) is 0 Å². The highest BCUT2D eigenvalue weighted by atomic mass is 19.4. The average molecular weight is 428 g/mol. The highest BCUT2D eigenvalue weighted by molar-refractivity contribution is 5.80. The smallest absolute Gasteiger partial charge is 0.433 e. The van der Waals surface area contributed by atoms with Gasteiger partial charge >= 0.3 is 6.18 Å². The molecule has 0 aliphatic carbocycles. The molecule has 2 aromatic heterocycles. The van der Waals surface area contributed by atoms with Crippen molar-refractivity contribution in [1.82, 2.24) is 20.3 Å². The minimum Gasteiger partial charge on any atom is -0.480 e. The number of methoxy groups -OCH3 is 1. The van der Waals surface area contributed by atoms with Crippen molar-refractivity contribution < 1.29 is 17.9 Å². The normalized spacial score (nSPS) is 18.7. The predicted molar refractivity (Wildman–Crippen MR) is 109 cm³/mol. The number of halogens is 3. The van der Waals surface area contributed by atoms with E-state index >= 15 is 0 Å². The van der Waals surface area contributed by atoms with E-state index in [1.54, 1.807) is 12.4 Å². The number of rotatable bonds is 5. The van der Waals surface area contributed by atoms with Crippen LogP contribution in [0.15, 0.2) is 59.6 Å². The molecule has 0 saturated heterocycles. The van der Waals surface area contributed by atoms with Gasteiger partial charge < -0.3 is 15.8 Å².